The molecule has 0 N–H and O–H groups in total. The molecule has 0 aliphatic heterocycles. The molecule has 1 aliphatic rings. The quantitative estimate of drug-likeness (QED) is 0.814. The van der Waals surface area contributed by atoms with Crippen LogP contribution in [-0.4, -0.2) is 23.2 Å². The third-order valence-electron chi connectivity index (χ3n) is 1.72. The Bertz CT molecular complexity index is 315. The van der Waals surface area contributed by atoms with Crippen LogP contribution in [0.2, 0.25) is 0 Å². The van der Waals surface area contributed by atoms with Crippen molar-refractivity contribution in [2.75, 3.05) is 7.11 Å². The van der Waals surface area contributed by atoms with Gasteiger partial charge in [0.1, 0.15) is 16.9 Å². The number of hydrogen-bond acceptors (Lipinski definition) is 4. The first-order valence-electron chi connectivity index (χ1n) is 4.02. The molecule has 0 amide bonds. The molecular formula is C8H9BrN2O2. The molecular weight excluding hydrogens is 236 g/mol. The lowest BCUT2D eigenvalue weighted by atomic mass is 10.6. The lowest BCUT2D eigenvalue weighted by Crippen LogP contribution is -2.01. The molecule has 0 bridgehead atoms. The van der Waals surface area contributed by atoms with Crippen molar-refractivity contribution in [1.82, 2.24) is 9.97 Å². The van der Waals surface area contributed by atoms with Gasteiger partial charge in [0.2, 0.25) is 11.8 Å². The average Bonchev–Trinajstić information content (AvgIpc) is 2.92. The molecule has 1 heterocycles. The van der Waals surface area contributed by atoms with E-state index in [-0.39, 0.29) is 0 Å². The van der Waals surface area contributed by atoms with E-state index in [0.717, 1.165) is 12.8 Å². The van der Waals surface area contributed by atoms with Gasteiger partial charge in [-0.2, -0.15) is 0 Å². The van der Waals surface area contributed by atoms with E-state index in [1.165, 1.54) is 6.33 Å². The van der Waals surface area contributed by atoms with Gasteiger partial charge in [-0.1, -0.05) is 0 Å². The summed E-state index contributed by atoms with van der Waals surface area (Å²) in [5.74, 6) is 1.07. The van der Waals surface area contributed by atoms with Crippen LogP contribution in [0.1, 0.15) is 12.8 Å². The standard InChI is InChI=1S/C8H9BrN2O2/c1-12-7-6(9)8(11-4-10-7)13-5-2-3-5/h4-5H,2-3H2,1H3. The second-order valence-corrected chi connectivity index (χ2v) is 3.61. The lowest BCUT2D eigenvalue weighted by Gasteiger charge is -2.06. The molecule has 4 nitrogen and oxygen atoms in total. The van der Waals surface area contributed by atoms with E-state index in [4.69, 9.17) is 9.47 Å². The Morgan fingerprint density at radius 1 is 1.38 bits per heavy atom. The Balaban J connectivity index is 2.22. The molecule has 0 aromatic carbocycles. The molecule has 0 atom stereocenters. The van der Waals surface area contributed by atoms with Crippen LogP contribution in [0.4, 0.5) is 0 Å². The fourth-order valence-electron chi connectivity index (χ4n) is 0.907. The van der Waals surface area contributed by atoms with Crippen LogP contribution in [0.3, 0.4) is 0 Å². The summed E-state index contributed by atoms with van der Waals surface area (Å²) in [6.07, 6.45) is 3.98. The monoisotopic (exact) mass is 244 g/mol. The van der Waals surface area contributed by atoms with Crippen LogP contribution in [0.5, 0.6) is 11.8 Å². The van der Waals surface area contributed by atoms with Crippen molar-refractivity contribution in [3.05, 3.63) is 10.8 Å². The van der Waals surface area contributed by atoms with Gasteiger partial charge in [0.25, 0.3) is 0 Å². The lowest BCUT2D eigenvalue weighted by molar-refractivity contribution is 0.284. The van der Waals surface area contributed by atoms with Gasteiger partial charge in [-0.05, 0) is 28.8 Å². The Morgan fingerprint density at radius 2 is 2.08 bits per heavy atom. The predicted molar refractivity (Wildman–Crippen MR) is 49.9 cm³/mol. The summed E-state index contributed by atoms with van der Waals surface area (Å²) in [5.41, 5.74) is 0. The zero-order valence-corrected chi connectivity index (χ0v) is 8.74. The van der Waals surface area contributed by atoms with E-state index in [0.29, 0.717) is 22.3 Å². The van der Waals surface area contributed by atoms with E-state index in [1.807, 2.05) is 0 Å². The summed E-state index contributed by atoms with van der Waals surface area (Å²) in [4.78, 5) is 7.93. The molecule has 0 saturated heterocycles. The highest BCUT2D eigenvalue weighted by atomic mass is 79.9. The Kier molecular flexibility index (Phi) is 2.35. The SMILES string of the molecule is COc1ncnc(OC2CC2)c1Br. The van der Waals surface area contributed by atoms with Crippen molar-refractivity contribution in [1.29, 1.82) is 0 Å². The molecule has 1 saturated carbocycles. The normalized spacial score (nSPS) is 15.5. The van der Waals surface area contributed by atoms with Crippen LogP contribution in [0, 0.1) is 0 Å². The van der Waals surface area contributed by atoms with Gasteiger partial charge in [-0.15, -0.1) is 0 Å². The van der Waals surface area contributed by atoms with Gasteiger partial charge >= 0.3 is 0 Å². The van der Waals surface area contributed by atoms with Crippen molar-refractivity contribution in [2.45, 2.75) is 18.9 Å². The summed E-state index contributed by atoms with van der Waals surface area (Å²) in [6, 6.07) is 0. The first-order valence-corrected chi connectivity index (χ1v) is 4.81. The molecule has 2 rings (SSSR count). The van der Waals surface area contributed by atoms with Gasteiger partial charge < -0.3 is 9.47 Å². The Morgan fingerprint density at radius 3 is 2.69 bits per heavy atom. The van der Waals surface area contributed by atoms with Gasteiger partial charge in [0.05, 0.1) is 7.11 Å². The van der Waals surface area contributed by atoms with Crippen molar-refractivity contribution < 1.29 is 9.47 Å². The maximum atomic E-state index is 5.52. The fourth-order valence-corrected chi connectivity index (χ4v) is 1.37. The van der Waals surface area contributed by atoms with Crippen molar-refractivity contribution in [2.24, 2.45) is 0 Å². The Hall–Kier alpha value is -0.840. The van der Waals surface area contributed by atoms with Crippen LogP contribution in [0.15, 0.2) is 10.8 Å². The molecule has 5 heteroatoms. The highest BCUT2D eigenvalue weighted by Crippen LogP contribution is 2.34. The number of hydrogen-bond donors (Lipinski definition) is 0. The van der Waals surface area contributed by atoms with E-state index < -0.39 is 0 Å². The first-order chi connectivity index (χ1) is 6.31. The smallest absolute Gasteiger partial charge is 0.235 e. The second kappa shape index (κ2) is 3.49. The van der Waals surface area contributed by atoms with Crippen LogP contribution < -0.4 is 9.47 Å². The van der Waals surface area contributed by atoms with Crippen molar-refractivity contribution in [3.63, 3.8) is 0 Å². The highest BCUT2D eigenvalue weighted by Gasteiger charge is 2.25. The third-order valence-corrected chi connectivity index (χ3v) is 2.40. The molecule has 13 heavy (non-hydrogen) atoms. The summed E-state index contributed by atoms with van der Waals surface area (Å²) in [5, 5.41) is 0. The van der Waals surface area contributed by atoms with E-state index in [1.54, 1.807) is 7.11 Å². The zero-order chi connectivity index (χ0) is 9.26. The minimum Gasteiger partial charge on any atom is -0.480 e. The van der Waals surface area contributed by atoms with E-state index >= 15 is 0 Å². The first kappa shape index (κ1) is 8.74. The largest absolute Gasteiger partial charge is 0.480 e. The maximum Gasteiger partial charge on any atom is 0.235 e. The topological polar surface area (TPSA) is 44.2 Å². The number of halogens is 1. The molecule has 1 fully saturated rings. The summed E-state index contributed by atoms with van der Waals surface area (Å²) < 4.78 is 11.2. The predicted octanol–water partition coefficient (Wildman–Crippen LogP) is 1.79. The molecule has 70 valence electrons. The summed E-state index contributed by atoms with van der Waals surface area (Å²) in [6.45, 7) is 0. The minimum absolute atomic E-state index is 0.330. The third kappa shape index (κ3) is 1.91. The van der Waals surface area contributed by atoms with Gasteiger partial charge in [0.15, 0.2) is 0 Å². The van der Waals surface area contributed by atoms with Gasteiger partial charge in [0, 0.05) is 0 Å². The van der Waals surface area contributed by atoms with Crippen LogP contribution in [0.25, 0.3) is 0 Å². The zero-order valence-electron chi connectivity index (χ0n) is 7.16. The molecule has 1 aromatic heterocycles. The molecule has 1 aliphatic carbocycles. The molecule has 0 radical (unpaired) electrons. The van der Waals surface area contributed by atoms with Crippen LogP contribution in [-0.2, 0) is 0 Å². The average molecular weight is 245 g/mol. The molecule has 0 unspecified atom stereocenters. The fraction of sp³-hybridized carbons (Fsp3) is 0.500. The number of methoxy groups -OCH3 is 1. The second-order valence-electron chi connectivity index (χ2n) is 2.82. The number of nitrogens with zero attached hydrogens (tertiary/aromatic N) is 2. The van der Waals surface area contributed by atoms with Crippen LogP contribution >= 0.6 is 15.9 Å². The summed E-state index contributed by atoms with van der Waals surface area (Å²) in [7, 11) is 1.56. The molecule has 0 spiro atoms. The number of ether oxygens (including phenoxy) is 2. The van der Waals surface area contributed by atoms with E-state index in [9.17, 15) is 0 Å². The molecule has 1 aromatic rings. The summed E-state index contributed by atoms with van der Waals surface area (Å²) >= 11 is 3.32. The number of rotatable bonds is 3. The minimum atomic E-state index is 0.330. The number of aromatic nitrogens is 2. The maximum absolute atomic E-state index is 5.52. The van der Waals surface area contributed by atoms with Crippen molar-refractivity contribution >= 4 is 15.9 Å². The van der Waals surface area contributed by atoms with Gasteiger partial charge in [-0.3, -0.25) is 0 Å². The highest BCUT2D eigenvalue weighted by molar-refractivity contribution is 9.10. The van der Waals surface area contributed by atoms with E-state index in [2.05, 4.69) is 25.9 Å². The van der Waals surface area contributed by atoms with Crippen molar-refractivity contribution in [3.8, 4) is 11.8 Å². The van der Waals surface area contributed by atoms with Gasteiger partial charge in [-0.25, -0.2) is 9.97 Å². The Labute approximate surface area is 84.4 Å².